The number of hydrogen-bond acceptors (Lipinski definition) is 4. The maximum atomic E-state index is 6.40. The molecule has 2 saturated heterocycles. The van der Waals surface area contributed by atoms with Gasteiger partial charge in [0.25, 0.3) is 0 Å². The van der Waals surface area contributed by atoms with Gasteiger partial charge < -0.3 is 18.9 Å². The lowest BCUT2D eigenvalue weighted by Gasteiger charge is -2.62. The molecule has 134 valence electrons. The molecule has 3 aliphatic heterocycles. The van der Waals surface area contributed by atoms with Gasteiger partial charge in [0.2, 0.25) is 0 Å². The van der Waals surface area contributed by atoms with E-state index < -0.39 is 0 Å². The minimum atomic E-state index is -0.301. The monoisotopic (exact) mass is 341 g/mol. The van der Waals surface area contributed by atoms with Gasteiger partial charge in [-0.25, -0.2) is 0 Å². The summed E-state index contributed by atoms with van der Waals surface area (Å²) in [6.07, 6.45) is 3.43. The van der Waals surface area contributed by atoms with Crippen molar-refractivity contribution >= 4 is 12.6 Å². The number of rotatable bonds is 1. The third-order valence-electron chi connectivity index (χ3n) is 7.05. The lowest BCUT2D eigenvalue weighted by molar-refractivity contribution is -0.161. The smallest absolute Gasteiger partial charge is 0.487 e. The number of fused-ring (bicyclic) bond motifs is 1. The molecule has 0 radical (unpaired) electrons. The van der Waals surface area contributed by atoms with E-state index in [4.69, 9.17) is 14.0 Å². The number of nitrogens with zero attached hydrogens (tertiary/aromatic N) is 1. The maximum absolute atomic E-state index is 6.40. The molecule has 0 N–H and O–H groups in total. The zero-order valence-corrected chi connectivity index (χ0v) is 16.0. The first kappa shape index (κ1) is 16.2. The second kappa shape index (κ2) is 4.62. The van der Waals surface area contributed by atoms with Crippen LogP contribution in [0.25, 0.3) is 0 Å². The first-order chi connectivity index (χ1) is 11.6. The quantitative estimate of drug-likeness (QED) is 0.734. The van der Waals surface area contributed by atoms with Gasteiger partial charge in [0.1, 0.15) is 11.4 Å². The molecule has 0 atom stereocenters. The molecule has 5 heteroatoms. The maximum Gasteiger partial charge on any atom is 0.494 e. The van der Waals surface area contributed by atoms with Gasteiger partial charge in [-0.3, -0.25) is 0 Å². The first-order valence-corrected chi connectivity index (χ1v) is 9.47. The molecule has 0 bridgehead atoms. The average Bonchev–Trinajstić information content (AvgIpc) is 2.90. The fraction of sp³-hybridized carbons (Fsp3) is 0.700. The van der Waals surface area contributed by atoms with Gasteiger partial charge in [-0.2, -0.15) is 0 Å². The van der Waals surface area contributed by atoms with E-state index in [-0.39, 0.29) is 23.9 Å². The van der Waals surface area contributed by atoms with Crippen molar-refractivity contribution in [2.24, 2.45) is 5.41 Å². The zero-order chi connectivity index (χ0) is 17.7. The average molecular weight is 341 g/mol. The van der Waals surface area contributed by atoms with Crippen molar-refractivity contribution in [2.45, 2.75) is 63.8 Å². The Morgan fingerprint density at radius 3 is 2.24 bits per heavy atom. The minimum Gasteiger partial charge on any atom is -0.487 e. The summed E-state index contributed by atoms with van der Waals surface area (Å²) < 4.78 is 18.8. The third-order valence-corrected chi connectivity index (χ3v) is 7.05. The highest BCUT2D eigenvalue weighted by atomic mass is 16.7. The molecule has 1 saturated carbocycles. The number of hydrogen-bond donors (Lipinski definition) is 0. The fourth-order valence-corrected chi connectivity index (χ4v) is 5.41. The van der Waals surface area contributed by atoms with E-state index in [2.05, 4.69) is 57.8 Å². The SMILES string of the molecule is CN1CC2(C1)CC1(Cc3cc(B4OC(C)(C)C(C)(C)O4)ccc3O1)C2. The second-order valence-corrected chi connectivity index (χ2v) is 9.94. The van der Waals surface area contributed by atoms with Crippen LogP contribution in [0.1, 0.15) is 46.1 Å². The summed E-state index contributed by atoms with van der Waals surface area (Å²) in [6, 6.07) is 6.46. The van der Waals surface area contributed by atoms with Crippen LogP contribution >= 0.6 is 0 Å². The topological polar surface area (TPSA) is 30.9 Å². The predicted octanol–water partition coefficient (Wildman–Crippen LogP) is 2.39. The summed E-state index contributed by atoms with van der Waals surface area (Å²) >= 11 is 0. The number of likely N-dealkylation sites (tertiary alicyclic amines) is 1. The molecule has 1 aliphatic carbocycles. The van der Waals surface area contributed by atoms with Crippen LogP contribution < -0.4 is 10.2 Å². The Morgan fingerprint density at radius 1 is 1.00 bits per heavy atom. The minimum absolute atomic E-state index is 0.0537. The molecule has 3 fully saturated rings. The lowest BCUT2D eigenvalue weighted by Crippen LogP contribution is -2.68. The van der Waals surface area contributed by atoms with E-state index in [9.17, 15) is 0 Å². The van der Waals surface area contributed by atoms with Crippen LogP contribution in [0, 0.1) is 5.41 Å². The highest BCUT2D eigenvalue weighted by molar-refractivity contribution is 6.62. The molecule has 5 rings (SSSR count). The van der Waals surface area contributed by atoms with Gasteiger partial charge in [0, 0.05) is 24.9 Å². The van der Waals surface area contributed by atoms with Crippen LogP contribution in [-0.4, -0.2) is 49.0 Å². The third kappa shape index (κ3) is 2.25. The molecule has 0 unspecified atom stereocenters. The molecule has 4 nitrogen and oxygen atoms in total. The Bertz CT molecular complexity index is 714. The summed E-state index contributed by atoms with van der Waals surface area (Å²) in [4.78, 5) is 2.41. The Morgan fingerprint density at radius 2 is 1.64 bits per heavy atom. The van der Waals surface area contributed by atoms with E-state index in [1.807, 2.05) is 0 Å². The largest absolute Gasteiger partial charge is 0.494 e. The van der Waals surface area contributed by atoms with Crippen LogP contribution in [0.3, 0.4) is 0 Å². The Labute approximate surface area is 151 Å². The molecular weight excluding hydrogens is 313 g/mol. The standard InChI is InChI=1S/C20H28BNO3/c1-17(2)18(3,4)25-21(24-17)15-6-7-16-14(8-15)9-20(23-16)10-19(11-20)12-22(5)13-19/h6-8H,9-13H2,1-5H3. The Kier molecular flexibility index (Phi) is 2.99. The van der Waals surface area contributed by atoms with E-state index in [0.29, 0.717) is 5.41 Å². The van der Waals surface area contributed by atoms with E-state index in [1.54, 1.807) is 0 Å². The van der Waals surface area contributed by atoms with Gasteiger partial charge in [0.05, 0.1) is 11.2 Å². The van der Waals surface area contributed by atoms with Crippen molar-refractivity contribution in [1.82, 2.24) is 4.90 Å². The highest BCUT2D eigenvalue weighted by Gasteiger charge is 2.62. The van der Waals surface area contributed by atoms with Crippen molar-refractivity contribution in [3.63, 3.8) is 0 Å². The van der Waals surface area contributed by atoms with Crippen LogP contribution in [0.5, 0.6) is 5.75 Å². The van der Waals surface area contributed by atoms with Crippen LogP contribution in [0.2, 0.25) is 0 Å². The van der Waals surface area contributed by atoms with E-state index >= 15 is 0 Å². The van der Waals surface area contributed by atoms with Gasteiger partial charge in [-0.1, -0.05) is 12.1 Å². The van der Waals surface area contributed by atoms with Gasteiger partial charge in [0.15, 0.2) is 0 Å². The van der Waals surface area contributed by atoms with Crippen LogP contribution in [0.4, 0.5) is 0 Å². The van der Waals surface area contributed by atoms with Crippen molar-refractivity contribution in [3.05, 3.63) is 23.8 Å². The predicted molar refractivity (Wildman–Crippen MR) is 98.4 cm³/mol. The summed E-state index contributed by atoms with van der Waals surface area (Å²) in [5.74, 6) is 1.06. The summed E-state index contributed by atoms with van der Waals surface area (Å²) in [5.41, 5.74) is 2.41. The fourth-order valence-electron chi connectivity index (χ4n) is 5.41. The number of benzene rings is 1. The van der Waals surface area contributed by atoms with E-state index in [0.717, 1.165) is 17.6 Å². The highest BCUT2D eigenvalue weighted by Crippen LogP contribution is 2.59. The van der Waals surface area contributed by atoms with Crippen LogP contribution in [-0.2, 0) is 15.7 Å². The van der Waals surface area contributed by atoms with Gasteiger partial charge >= 0.3 is 7.12 Å². The molecule has 0 aromatic heterocycles. The molecule has 1 aromatic rings. The second-order valence-electron chi connectivity index (χ2n) is 9.94. The Hall–Kier alpha value is -1.04. The Balaban J connectivity index is 1.33. The molecule has 1 aromatic carbocycles. The lowest BCUT2D eigenvalue weighted by atomic mass is 9.54. The van der Waals surface area contributed by atoms with Crippen molar-refractivity contribution in [2.75, 3.05) is 20.1 Å². The molecule has 0 amide bonds. The molecule has 3 heterocycles. The molecule has 4 aliphatic rings. The summed E-state index contributed by atoms with van der Waals surface area (Å²) in [7, 11) is 1.91. The molecule has 2 spiro atoms. The van der Waals surface area contributed by atoms with E-state index in [1.165, 1.54) is 31.5 Å². The van der Waals surface area contributed by atoms with Crippen LogP contribution in [0.15, 0.2) is 18.2 Å². The summed E-state index contributed by atoms with van der Waals surface area (Å²) in [6.45, 7) is 10.9. The normalized spacial score (nSPS) is 30.0. The van der Waals surface area contributed by atoms with Gasteiger partial charge in [-0.15, -0.1) is 0 Å². The van der Waals surface area contributed by atoms with Gasteiger partial charge in [-0.05, 0) is 64.7 Å². The van der Waals surface area contributed by atoms with Crippen molar-refractivity contribution in [1.29, 1.82) is 0 Å². The zero-order valence-electron chi connectivity index (χ0n) is 16.0. The number of ether oxygens (including phenoxy) is 1. The van der Waals surface area contributed by atoms with Crippen molar-refractivity contribution in [3.8, 4) is 5.75 Å². The molecular formula is C20H28BNO3. The molecule has 25 heavy (non-hydrogen) atoms. The first-order valence-electron chi connectivity index (χ1n) is 9.47. The van der Waals surface area contributed by atoms with Crippen molar-refractivity contribution < 1.29 is 14.0 Å². The summed E-state index contributed by atoms with van der Waals surface area (Å²) in [5, 5.41) is 0.